The highest BCUT2D eigenvalue weighted by Gasteiger charge is 1.94. The zero-order valence-corrected chi connectivity index (χ0v) is 8.99. The number of esters is 1. The third-order valence-electron chi connectivity index (χ3n) is 2.02. The van der Waals surface area contributed by atoms with Gasteiger partial charge in [-0.2, -0.15) is 0 Å². The lowest BCUT2D eigenvalue weighted by Crippen LogP contribution is -1.93. The number of hydrogen-bond acceptors (Lipinski definition) is 2. The number of ether oxygens (including phenoxy) is 1. The first-order valence-electron chi connectivity index (χ1n) is 4.65. The van der Waals surface area contributed by atoms with E-state index in [-0.39, 0.29) is 5.97 Å². The first kappa shape index (κ1) is 11.2. The van der Waals surface area contributed by atoms with Crippen molar-refractivity contribution in [1.29, 1.82) is 0 Å². The Labute approximate surface area is 89.9 Å². The Bertz CT molecular complexity index is 386. The van der Waals surface area contributed by atoms with Crippen molar-refractivity contribution in [2.45, 2.75) is 6.92 Å². The molecule has 0 amide bonds. The molecular weight excluding hydrogens is 188 g/mol. The Balaban J connectivity index is 2.77. The standard InChI is InChI=1S/C13H14O2/c1-10(2)12-7-4-11(5-8-12)6-9-13(14)15-3/h4-9H,1H2,2-3H3/b9-6+. The predicted molar refractivity (Wildman–Crippen MR) is 62.2 cm³/mol. The van der Waals surface area contributed by atoms with Crippen LogP contribution in [0, 0.1) is 0 Å². The van der Waals surface area contributed by atoms with E-state index in [1.54, 1.807) is 6.08 Å². The summed E-state index contributed by atoms with van der Waals surface area (Å²) in [5.74, 6) is -0.348. The molecule has 0 saturated heterocycles. The van der Waals surface area contributed by atoms with E-state index >= 15 is 0 Å². The quantitative estimate of drug-likeness (QED) is 0.556. The summed E-state index contributed by atoms with van der Waals surface area (Å²) in [6.07, 6.45) is 3.11. The van der Waals surface area contributed by atoms with E-state index < -0.39 is 0 Å². The van der Waals surface area contributed by atoms with E-state index in [0.717, 1.165) is 16.7 Å². The van der Waals surface area contributed by atoms with E-state index in [9.17, 15) is 4.79 Å². The van der Waals surface area contributed by atoms with Crippen molar-refractivity contribution in [3.8, 4) is 0 Å². The maximum Gasteiger partial charge on any atom is 0.330 e. The van der Waals surface area contributed by atoms with Crippen LogP contribution in [0.2, 0.25) is 0 Å². The molecule has 2 heteroatoms. The fourth-order valence-electron chi connectivity index (χ4n) is 1.11. The number of hydrogen-bond donors (Lipinski definition) is 0. The maximum absolute atomic E-state index is 10.8. The van der Waals surface area contributed by atoms with Gasteiger partial charge in [0.2, 0.25) is 0 Å². The highest BCUT2D eigenvalue weighted by molar-refractivity contribution is 5.86. The van der Waals surface area contributed by atoms with Gasteiger partial charge in [0, 0.05) is 6.08 Å². The third-order valence-corrected chi connectivity index (χ3v) is 2.02. The molecule has 1 rings (SSSR count). The van der Waals surface area contributed by atoms with E-state index in [2.05, 4.69) is 11.3 Å². The lowest BCUT2D eigenvalue weighted by molar-refractivity contribution is -0.134. The summed E-state index contributed by atoms with van der Waals surface area (Å²) in [4.78, 5) is 10.8. The zero-order valence-electron chi connectivity index (χ0n) is 8.99. The molecule has 0 aromatic heterocycles. The molecule has 2 nitrogen and oxygen atoms in total. The largest absolute Gasteiger partial charge is 0.466 e. The Morgan fingerprint density at radius 2 is 1.93 bits per heavy atom. The van der Waals surface area contributed by atoms with Crippen LogP contribution in [0.1, 0.15) is 18.1 Å². The van der Waals surface area contributed by atoms with Gasteiger partial charge in [0.1, 0.15) is 0 Å². The van der Waals surface area contributed by atoms with Crippen LogP contribution in [0.3, 0.4) is 0 Å². The minimum atomic E-state index is -0.348. The molecule has 0 aliphatic carbocycles. The second kappa shape index (κ2) is 5.15. The smallest absolute Gasteiger partial charge is 0.330 e. The van der Waals surface area contributed by atoms with Crippen LogP contribution in [0.4, 0.5) is 0 Å². The molecule has 1 aromatic rings. The molecule has 0 N–H and O–H groups in total. The molecule has 0 spiro atoms. The average Bonchev–Trinajstić information content (AvgIpc) is 2.26. The van der Waals surface area contributed by atoms with Crippen LogP contribution in [-0.4, -0.2) is 13.1 Å². The second-order valence-electron chi connectivity index (χ2n) is 3.26. The van der Waals surface area contributed by atoms with Crippen LogP contribution in [0.15, 0.2) is 36.9 Å². The van der Waals surface area contributed by atoms with Crippen molar-refractivity contribution in [1.82, 2.24) is 0 Å². The number of methoxy groups -OCH3 is 1. The molecule has 0 heterocycles. The Morgan fingerprint density at radius 1 is 1.33 bits per heavy atom. The Kier molecular flexibility index (Phi) is 3.86. The molecule has 78 valence electrons. The molecule has 0 fully saturated rings. The summed E-state index contributed by atoms with van der Waals surface area (Å²) in [6, 6.07) is 7.81. The van der Waals surface area contributed by atoms with Crippen molar-refractivity contribution >= 4 is 17.6 Å². The summed E-state index contributed by atoms with van der Waals surface area (Å²) in [6.45, 7) is 5.81. The van der Waals surface area contributed by atoms with Gasteiger partial charge < -0.3 is 4.74 Å². The lowest BCUT2D eigenvalue weighted by Gasteiger charge is -1.99. The number of carbonyl (C=O) groups is 1. The molecule has 0 aliphatic rings. The summed E-state index contributed by atoms with van der Waals surface area (Å²) >= 11 is 0. The minimum absolute atomic E-state index is 0.348. The normalized spacial score (nSPS) is 10.3. The van der Waals surface area contributed by atoms with Crippen molar-refractivity contribution < 1.29 is 9.53 Å². The van der Waals surface area contributed by atoms with Crippen molar-refractivity contribution in [3.05, 3.63) is 48.0 Å². The van der Waals surface area contributed by atoms with Gasteiger partial charge in [-0.15, -0.1) is 0 Å². The summed E-state index contributed by atoms with van der Waals surface area (Å²) in [5.41, 5.74) is 3.09. The second-order valence-corrected chi connectivity index (χ2v) is 3.26. The fraction of sp³-hybridized carbons (Fsp3) is 0.154. The van der Waals surface area contributed by atoms with E-state index in [1.165, 1.54) is 13.2 Å². The lowest BCUT2D eigenvalue weighted by atomic mass is 10.1. The first-order chi connectivity index (χ1) is 7.13. The SMILES string of the molecule is C=C(C)c1ccc(/C=C/C(=O)OC)cc1. The van der Waals surface area contributed by atoms with Gasteiger partial charge in [0.15, 0.2) is 0 Å². The van der Waals surface area contributed by atoms with E-state index in [1.807, 2.05) is 31.2 Å². The van der Waals surface area contributed by atoms with E-state index in [4.69, 9.17) is 0 Å². The highest BCUT2D eigenvalue weighted by atomic mass is 16.5. The third kappa shape index (κ3) is 3.43. The number of rotatable bonds is 3. The zero-order chi connectivity index (χ0) is 11.3. The van der Waals surface area contributed by atoms with Crippen LogP contribution in [0.5, 0.6) is 0 Å². The van der Waals surface area contributed by atoms with Crippen LogP contribution in [0.25, 0.3) is 11.6 Å². The van der Waals surface area contributed by atoms with Crippen LogP contribution >= 0.6 is 0 Å². The minimum Gasteiger partial charge on any atom is -0.466 e. The molecular formula is C13H14O2. The van der Waals surface area contributed by atoms with Gasteiger partial charge >= 0.3 is 5.97 Å². The van der Waals surface area contributed by atoms with Crippen LogP contribution < -0.4 is 0 Å². The number of carbonyl (C=O) groups excluding carboxylic acids is 1. The fourth-order valence-corrected chi connectivity index (χ4v) is 1.11. The molecule has 15 heavy (non-hydrogen) atoms. The molecule has 0 atom stereocenters. The molecule has 0 saturated carbocycles. The monoisotopic (exact) mass is 202 g/mol. The van der Waals surface area contributed by atoms with Crippen molar-refractivity contribution in [2.24, 2.45) is 0 Å². The van der Waals surface area contributed by atoms with Gasteiger partial charge in [-0.05, 0) is 24.1 Å². The summed E-state index contributed by atoms with van der Waals surface area (Å²) in [5, 5.41) is 0. The van der Waals surface area contributed by atoms with Crippen molar-refractivity contribution in [2.75, 3.05) is 7.11 Å². The molecule has 0 unspecified atom stereocenters. The van der Waals surface area contributed by atoms with Crippen LogP contribution in [-0.2, 0) is 9.53 Å². The van der Waals surface area contributed by atoms with Crippen molar-refractivity contribution in [3.63, 3.8) is 0 Å². The van der Waals surface area contributed by atoms with Gasteiger partial charge in [-0.1, -0.05) is 36.4 Å². The number of allylic oxidation sites excluding steroid dienone is 1. The highest BCUT2D eigenvalue weighted by Crippen LogP contribution is 2.13. The average molecular weight is 202 g/mol. The Morgan fingerprint density at radius 3 is 2.40 bits per heavy atom. The number of benzene rings is 1. The Hall–Kier alpha value is -1.83. The summed E-state index contributed by atoms with van der Waals surface area (Å²) in [7, 11) is 1.36. The van der Waals surface area contributed by atoms with Gasteiger partial charge in [0.25, 0.3) is 0 Å². The summed E-state index contributed by atoms with van der Waals surface area (Å²) < 4.78 is 4.49. The molecule has 1 aromatic carbocycles. The molecule has 0 bridgehead atoms. The molecule has 0 radical (unpaired) electrons. The topological polar surface area (TPSA) is 26.3 Å². The predicted octanol–water partition coefficient (Wildman–Crippen LogP) is 2.91. The van der Waals surface area contributed by atoms with Gasteiger partial charge in [-0.25, -0.2) is 4.79 Å². The first-order valence-corrected chi connectivity index (χ1v) is 4.65. The maximum atomic E-state index is 10.8. The van der Waals surface area contributed by atoms with Gasteiger partial charge in [0.05, 0.1) is 7.11 Å². The molecule has 0 aliphatic heterocycles. The van der Waals surface area contributed by atoms with E-state index in [0.29, 0.717) is 0 Å². The van der Waals surface area contributed by atoms with Gasteiger partial charge in [-0.3, -0.25) is 0 Å².